The second-order valence-corrected chi connectivity index (χ2v) is 6.08. The molecular weight excluding hydrogens is 282 g/mol. The van der Waals surface area contributed by atoms with E-state index >= 15 is 0 Å². The van der Waals surface area contributed by atoms with Crippen LogP contribution in [0.2, 0.25) is 0 Å². The van der Waals surface area contributed by atoms with Gasteiger partial charge in [0.2, 0.25) is 0 Å². The highest BCUT2D eigenvalue weighted by atomic mass is 16.3. The van der Waals surface area contributed by atoms with Gasteiger partial charge in [0, 0.05) is 12.1 Å². The first-order valence-electron chi connectivity index (χ1n) is 8.12. The molecule has 0 aliphatic rings. The van der Waals surface area contributed by atoms with E-state index in [9.17, 15) is 5.11 Å². The molecule has 2 unspecified atom stereocenters. The number of fused-ring (bicyclic) bond motifs is 1. The lowest BCUT2D eigenvalue weighted by Gasteiger charge is -2.22. The highest BCUT2D eigenvalue weighted by Crippen LogP contribution is 2.26. The van der Waals surface area contributed by atoms with Crippen molar-refractivity contribution >= 4 is 10.8 Å². The van der Waals surface area contributed by atoms with Crippen LogP contribution in [0, 0.1) is 0 Å². The molecule has 3 aromatic carbocycles. The normalized spacial score (nSPS) is 13.9. The van der Waals surface area contributed by atoms with Gasteiger partial charge in [0.25, 0.3) is 0 Å². The molecule has 0 spiro atoms. The summed E-state index contributed by atoms with van der Waals surface area (Å²) in [6.45, 7) is 4.45. The van der Waals surface area contributed by atoms with E-state index in [1.54, 1.807) is 0 Å². The molecule has 0 saturated heterocycles. The SMILES string of the molecule is CC(NC(C)c1cccc2ccccc12)c1cccc(CO)c1. The Morgan fingerprint density at radius 3 is 2.43 bits per heavy atom. The molecule has 0 bridgehead atoms. The fourth-order valence-corrected chi connectivity index (χ4v) is 3.15. The van der Waals surface area contributed by atoms with Gasteiger partial charge < -0.3 is 10.4 Å². The van der Waals surface area contributed by atoms with Crippen LogP contribution >= 0.6 is 0 Å². The molecule has 2 atom stereocenters. The Bertz CT molecular complexity index is 791. The Hall–Kier alpha value is -2.16. The number of aliphatic hydroxyl groups is 1. The Kier molecular flexibility index (Phi) is 4.75. The van der Waals surface area contributed by atoms with Crippen molar-refractivity contribution in [2.24, 2.45) is 0 Å². The van der Waals surface area contributed by atoms with Crippen molar-refractivity contribution in [3.63, 3.8) is 0 Å². The molecular formula is C21H23NO. The van der Waals surface area contributed by atoms with Crippen molar-refractivity contribution in [3.8, 4) is 0 Å². The lowest BCUT2D eigenvalue weighted by Crippen LogP contribution is -2.22. The van der Waals surface area contributed by atoms with Crippen LogP contribution in [0.25, 0.3) is 10.8 Å². The van der Waals surface area contributed by atoms with Gasteiger partial charge in [0.15, 0.2) is 0 Å². The fourth-order valence-electron chi connectivity index (χ4n) is 3.15. The van der Waals surface area contributed by atoms with E-state index in [1.165, 1.54) is 21.9 Å². The molecule has 3 rings (SSSR count). The average Bonchev–Trinajstić information content (AvgIpc) is 2.61. The molecule has 2 N–H and O–H groups in total. The van der Waals surface area contributed by atoms with Crippen molar-refractivity contribution in [1.82, 2.24) is 5.32 Å². The third-order valence-electron chi connectivity index (χ3n) is 4.42. The van der Waals surface area contributed by atoms with Crippen LogP contribution in [0.3, 0.4) is 0 Å². The summed E-state index contributed by atoms with van der Waals surface area (Å²) in [5.74, 6) is 0. The van der Waals surface area contributed by atoms with Crippen LogP contribution in [0.1, 0.15) is 42.6 Å². The summed E-state index contributed by atoms with van der Waals surface area (Å²) in [5.41, 5.74) is 3.46. The first kappa shape index (κ1) is 15.7. The maximum Gasteiger partial charge on any atom is 0.0681 e. The van der Waals surface area contributed by atoms with Crippen LogP contribution in [0.5, 0.6) is 0 Å². The Morgan fingerprint density at radius 1 is 0.870 bits per heavy atom. The van der Waals surface area contributed by atoms with E-state index in [1.807, 2.05) is 12.1 Å². The van der Waals surface area contributed by atoms with Gasteiger partial charge in [-0.25, -0.2) is 0 Å². The molecule has 0 saturated carbocycles. The molecule has 0 aliphatic carbocycles. The molecule has 3 aromatic rings. The zero-order valence-corrected chi connectivity index (χ0v) is 13.7. The van der Waals surface area contributed by atoms with E-state index in [0.29, 0.717) is 0 Å². The average molecular weight is 305 g/mol. The van der Waals surface area contributed by atoms with Gasteiger partial charge in [-0.15, -0.1) is 0 Å². The number of aliphatic hydroxyl groups excluding tert-OH is 1. The fraction of sp³-hybridized carbons (Fsp3) is 0.238. The first-order chi connectivity index (χ1) is 11.2. The van der Waals surface area contributed by atoms with Gasteiger partial charge in [-0.1, -0.05) is 66.7 Å². The molecule has 2 nitrogen and oxygen atoms in total. The van der Waals surface area contributed by atoms with Crippen molar-refractivity contribution in [2.75, 3.05) is 0 Å². The van der Waals surface area contributed by atoms with Crippen LogP contribution in [0.15, 0.2) is 66.7 Å². The van der Waals surface area contributed by atoms with Gasteiger partial charge in [-0.05, 0) is 41.3 Å². The summed E-state index contributed by atoms with van der Waals surface area (Å²) in [4.78, 5) is 0. The molecule has 0 amide bonds. The summed E-state index contributed by atoms with van der Waals surface area (Å²) in [7, 11) is 0. The predicted molar refractivity (Wildman–Crippen MR) is 96.3 cm³/mol. The summed E-state index contributed by atoms with van der Waals surface area (Å²) < 4.78 is 0. The molecule has 118 valence electrons. The molecule has 2 heteroatoms. The number of benzene rings is 3. The standard InChI is InChI=1S/C21H23NO/c1-15(19-10-5-7-17(13-19)14-23)22-16(2)20-12-6-9-18-8-3-4-11-21(18)20/h3-13,15-16,22-23H,14H2,1-2H3. The van der Waals surface area contributed by atoms with E-state index < -0.39 is 0 Å². The van der Waals surface area contributed by atoms with Crippen LogP contribution in [-0.2, 0) is 6.61 Å². The molecule has 0 aliphatic heterocycles. The lowest BCUT2D eigenvalue weighted by molar-refractivity contribution is 0.281. The zero-order chi connectivity index (χ0) is 16.2. The Morgan fingerprint density at radius 2 is 1.61 bits per heavy atom. The largest absolute Gasteiger partial charge is 0.392 e. The lowest BCUT2D eigenvalue weighted by atomic mass is 9.98. The maximum atomic E-state index is 9.30. The van der Waals surface area contributed by atoms with E-state index in [-0.39, 0.29) is 18.7 Å². The van der Waals surface area contributed by atoms with Gasteiger partial charge >= 0.3 is 0 Å². The van der Waals surface area contributed by atoms with Crippen LogP contribution in [-0.4, -0.2) is 5.11 Å². The minimum atomic E-state index is 0.0828. The monoisotopic (exact) mass is 305 g/mol. The van der Waals surface area contributed by atoms with Gasteiger partial charge in [0.1, 0.15) is 0 Å². The number of hydrogen-bond acceptors (Lipinski definition) is 2. The Balaban J connectivity index is 1.84. The third kappa shape index (κ3) is 3.44. The summed E-state index contributed by atoms with van der Waals surface area (Å²) in [6.07, 6.45) is 0. The van der Waals surface area contributed by atoms with Gasteiger partial charge in [-0.3, -0.25) is 0 Å². The van der Waals surface area contributed by atoms with Gasteiger partial charge in [0.05, 0.1) is 6.61 Å². The van der Waals surface area contributed by atoms with Crippen LogP contribution in [0.4, 0.5) is 0 Å². The number of hydrogen-bond donors (Lipinski definition) is 2. The minimum Gasteiger partial charge on any atom is -0.392 e. The first-order valence-corrected chi connectivity index (χ1v) is 8.12. The zero-order valence-electron chi connectivity index (χ0n) is 13.7. The van der Waals surface area contributed by atoms with Crippen LogP contribution < -0.4 is 5.32 Å². The molecule has 23 heavy (non-hydrogen) atoms. The maximum absolute atomic E-state index is 9.30. The quantitative estimate of drug-likeness (QED) is 0.713. The smallest absolute Gasteiger partial charge is 0.0681 e. The molecule has 0 fully saturated rings. The summed E-state index contributed by atoms with van der Waals surface area (Å²) in [6, 6.07) is 23.5. The second kappa shape index (κ2) is 6.95. The Labute approximate surface area is 137 Å². The highest BCUT2D eigenvalue weighted by Gasteiger charge is 2.13. The third-order valence-corrected chi connectivity index (χ3v) is 4.42. The number of nitrogens with one attached hydrogen (secondary N) is 1. The summed E-state index contributed by atoms with van der Waals surface area (Å²) >= 11 is 0. The van der Waals surface area contributed by atoms with Crippen molar-refractivity contribution in [2.45, 2.75) is 32.5 Å². The van der Waals surface area contributed by atoms with E-state index in [0.717, 1.165) is 5.56 Å². The minimum absolute atomic E-state index is 0.0828. The van der Waals surface area contributed by atoms with E-state index in [4.69, 9.17) is 0 Å². The predicted octanol–water partition coefficient (Wildman–Crippen LogP) is 4.74. The van der Waals surface area contributed by atoms with Crippen molar-refractivity contribution in [1.29, 1.82) is 0 Å². The second-order valence-electron chi connectivity index (χ2n) is 6.08. The molecule has 0 radical (unpaired) electrons. The highest BCUT2D eigenvalue weighted by molar-refractivity contribution is 5.86. The topological polar surface area (TPSA) is 32.3 Å². The van der Waals surface area contributed by atoms with Gasteiger partial charge in [-0.2, -0.15) is 0 Å². The molecule has 0 aromatic heterocycles. The summed E-state index contributed by atoms with van der Waals surface area (Å²) in [5, 5.41) is 15.5. The molecule has 0 heterocycles. The number of rotatable bonds is 5. The van der Waals surface area contributed by atoms with E-state index in [2.05, 4.69) is 73.8 Å². The van der Waals surface area contributed by atoms with Crippen molar-refractivity contribution in [3.05, 3.63) is 83.4 Å². The van der Waals surface area contributed by atoms with Crippen molar-refractivity contribution < 1.29 is 5.11 Å².